The van der Waals surface area contributed by atoms with Gasteiger partial charge in [0.2, 0.25) is 6.79 Å². The molecule has 0 fully saturated rings. The number of para-hydroxylation sites is 1. The Labute approximate surface area is 165 Å². The van der Waals surface area contributed by atoms with Gasteiger partial charge < -0.3 is 14.2 Å². The Morgan fingerprint density at radius 2 is 2.04 bits per heavy atom. The summed E-state index contributed by atoms with van der Waals surface area (Å²) in [6.07, 6.45) is 1.68. The van der Waals surface area contributed by atoms with Crippen LogP contribution >= 0.6 is 11.6 Å². The zero-order chi connectivity index (χ0) is 20.1. The minimum Gasteiger partial charge on any atom is -0.478 e. The molecule has 0 saturated carbocycles. The van der Waals surface area contributed by atoms with Crippen molar-refractivity contribution < 1.29 is 28.2 Å². The maximum atomic E-state index is 13.5. The van der Waals surface area contributed by atoms with Crippen molar-refractivity contribution in [3.8, 4) is 17.2 Å². The van der Waals surface area contributed by atoms with E-state index in [2.05, 4.69) is 10.9 Å². The van der Waals surface area contributed by atoms with Crippen LogP contribution in [0.4, 0.5) is 4.39 Å². The Hall–Kier alpha value is -3.26. The number of amides is 2. The van der Waals surface area contributed by atoms with E-state index in [1.165, 1.54) is 37.3 Å². The van der Waals surface area contributed by atoms with Crippen LogP contribution in [0.5, 0.6) is 17.2 Å². The average molecular weight is 407 g/mol. The molecule has 2 N–H and O–H groups in total. The van der Waals surface area contributed by atoms with Gasteiger partial charge in [0, 0.05) is 6.08 Å². The molecule has 0 aliphatic carbocycles. The molecule has 0 saturated heterocycles. The number of nitrogens with one attached hydrogen (secondary N) is 2. The van der Waals surface area contributed by atoms with E-state index >= 15 is 0 Å². The Bertz CT molecular complexity index is 935. The van der Waals surface area contributed by atoms with Gasteiger partial charge in [-0.15, -0.1) is 0 Å². The first-order valence-electron chi connectivity index (χ1n) is 8.22. The number of hydrazine groups is 1. The average Bonchev–Trinajstić information content (AvgIpc) is 3.15. The number of hydrogen-bond acceptors (Lipinski definition) is 5. The van der Waals surface area contributed by atoms with Crippen LogP contribution in [0, 0.1) is 5.82 Å². The largest absolute Gasteiger partial charge is 0.478 e. The zero-order valence-corrected chi connectivity index (χ0v) is 15.5. The third kappa shape index (κ3) is 4.72. The van der Waals surface area contributed by atoms with Crippen molar-refractivity contribution in [1.29, 1.82) is 0 Å². The molecule has 7 nitrogen and oxygen atoms in total. The second kappa shape index (κ2) is 8.62. The highest BCUT2D eigenvalue weighted by Crippen LogP contribution is 2.40. The van der Waals surface area contributed by atoms with E-state index in [9.17, 15) is 14.0 Å². The molecular weight excluding hydrogens is 391 g/mol. The summed E-state index contributed by atoms with van der Waals surface area (Å²) in [6.45, 7) is 1.51. The van der Waals surface area contributed by atoms with Gasteiger partial charge in [-0.2, -0.15) is 0 Å². The lowest BCUT2D eigenvalue weighted by molar-refractivity contribution is -0.131. The van der Waals surface area contributed by atoms with Crippen molar-refractivity contribution in [3.05, 3.63) is 58.9 Å². The van der Waals surface area contributed by atoms with Gasteiger partial charge in [-0.1, -0.05) is 23.7 Å². The maximum Gasteiger partial charge on any atom is 0.279 e. The number of ether oxygens (including phenoxy) is 3. The normalized spacial score (nSPS) is 13.2. The fraction of sp³-hybridized carbons (Fsp3) is 0.158. The van der Waals surface area contributed by atoms with Crippen LogP contribution in [0.3, 0.4) is 0 Å². The van der Waals surface area contributed by atoms with E-state index in [-0.39, 0.29) is 12.5 Å². The van der Waals surface area contributed by atoms with Gasteiger partial charge >= 0.3 is 0 Å². The Morgan fingerprint density at radius 3 is 2.82 bits per heavy atom. The Morgan fingerprint density at radius 1 is 1.25 bits per heavy atom. The maximum absolute atomic E-state index is 13.5. The number of benzene rings is 2. The molecule has 146 valence electrons. The van der Waals surface area contributed by atoms with Gasteiger partial charge in [0.1, 0.15) is 0 Å². The molecule has 2 amide bonds. The topological polar surface area (TPSA) is 85.9 Å². The highest BCUT2D eigenvalue weighted by molar-refractivity contribution is 6.32. The summed E-state index contributed by atoms with van der Waals surface area (Å²) in [4.78, 5) is 23.8. The fourth-order valence-electron chi connectivity index (χ4n) is 2.31. The molecule has 1 aliphatic rings. The summed E-state index contributed by atoms with van der Waals surface area (Å²) in [6, 6.07) is 8.99. The zero-order valence-electron chi connectivity index (χ0n) is 14.7. The van der Waals surface area contributed by atoms with E-state index < -0.39 is 23.7 Å². The van der Waals surface area contributed by atoms with Crippen molar-refractivity contribution in [2.45, 2.75) is 13.0 Å². The summed E-state index contributed by atoms with van der Waals surface area (Å²) in [5.74, 6) is -0.928. The molecule has 0 spiro atoms. The van der Waals surface area contributed by atoms with Crippen LogP contribution in [-0.2, 0) is 9.59 Å². The SMILES string of the molecule is CC(Oc1ccccc1F)C(=O)NNC(=O)/C=C/c1cc(Cl)c2c(c1)OCO2. The Kier molecular flexibility index (Phi) is 6.00. The number of carbonyl (C=O) groups excluding carboxylic acids is 2. The number of carbonyl (C=O) groups is 2. The molecule has 2 aromatic carbocycles. The summed E-state index contributed by atoms with van der Waals surface area (Å²) < 4.78 is 29.2. The molecule has 28 heavy (non-hydrogen) atoms. The van der Waals surface area contributed by atoms with Gasteiger partial charge in [-0.25, -0.2) is 4.39 Å². The van der Waals surface area contributed by atoms with Gasteiger partial charge in [0.05, 0.1) is 5.02 Å². The fourth-order valence-corrected chi connectivity index (χ4v) is 2.58. The van der Waals surface area contributed by atoms with Crippen LogP contribution in [0.15, 0.2) is 42.5 Å². The van der Waals surface area contributed by atoms with Crippen molar-refractivity contribution in [2.75, 3.05) is 6.79 Å². The predicted molar refractivity (Wildman–Crippen MR) is 99.4 cm³/mol. The number of fused-ring (bicyclic) bond motifs is 1. The number of hydrogen-bond donors (Lipinski definition) is 2. The lowest BCUT2D eigenvalue weighted by atomic mass is 10.2. The minimum atomic E-state index is -1.02. The lowest BCUT2D eigenvalue weighted by Gasteiger charge is -2.15. The first-order chi connectivity index (χ1) is 13.4. The van der Waals surface area contributed by atoms with E-state index in [1.54, 1.807) is 18.2 Å². The summed E-state index contributed by atoms with van der Waals surface area (Å²) in [7, 11) is 0. The molecule has 1 atom stereocenters. The van der Waals surface area contributed by atoms with E-state index in [1.807, 2.05) is 0 Å². The third-order valence-corrected chi connectivity index (χ3v) is 3.98. The van der Waals surface area contributed by atoms with Gasteiger partial charge in [-0.05, 0) is 42.8 Å². The van der Waals surface area contributed by atoms with E-state index in [4.69, 9.17) is 25.8 Å². The molecular formula is C19H16ClFN2O5. The molecule has 0 radical (unpaired) electrons. The van der Waals surface area contributed by atoms with Gasteiger partial charge in [0.15, 0.2) is 29.2 Å². The first-order valence-corrected chi connectivity index (χ1v) is 8.60. The standard InChI is InChI=1S/C19H16ClFN2O5/c1-11(28-15-5-3-2-4-14(15)21)19(25)23-22-17(24)7-6-12-8-13(20)18-16(9-12)26-10-27-18/h2-9,11H,10H2,1H3,(H,22,24)(H,23,25)/b7-6+. The monoisotopic (exact) mass is 406 g/mol. The Balaban J connectivity index is 1.51. The van der Waals surface area contributed by atoms with Crippen LogP contribution in [0.1, 0.15) is 12.5 Å². The van der Waals surface area contributed by atoms with Gasteiger partial charge in [-0.3, -0.25) is 20.4 Å². The smallest absolute Gasteiger partial charge is 0.279 e. The molecule has 3 rings (SSSR count). The van der Waals surface area contributed by atoms with Crippen LogP contribution in [0.25, 0.3) is 6.08 Å². The van der Waals surface area contributed by atoms with Crippen molar-refractivity contribution in [3.63, 3.8) is 0 Å². The summed E-state index contributed by atoms with van der Waals surface area (Å²) in [5.41, 5.74) is 5.03. The molecule has 0 bridgehead atoms. The molecule has 9 heteroatoms. The lowest BCUT2D eigenvalue weighted by Crippen LogP contribution is -2.46. The van der Waals surface area contributed by atoms with Crippen molar-refractivity contribution >= 4 is 29.5 Å². The molecule has 1 aliphatic heterocycles. The van der Waals surface area contributed by atoms with Gasteiger partial charge in [0.25, 0.3) is 11.8 Å². The van der Waals surface area contributed by atoms with Crippen molar-refractivity contribution in [1.82, 2.24) is 10.9 Å². The minimum absolute atomic E-state index is 0.0592. The molecule has 2 aromatic rings. The third-order valence-electron chi connectivity index (χ3n) is 3.70. The van der Waals surface area contributed by atoms with E-state index in [0.717, 1.165) is 0 Å². The van der Waals surface area contributed by atoms with E-state index in [0.29, 0.717) is 22.1 Å². The summed E-state index contributed by atoms with van der Waals surface area (Å²) >= 11 is 6.07. The number of halogens is 2. The van der Waals surface area contributed by atoms with Crippen LogP contribution in [0.2, 0.25) is 5.02 Å². The van der Waals surface area contributed by atoms with Crippen LogP contribution in [-0.4, -0.2) is 24.7 Å². The molecule has 1 unspecified atom stereocenters. The van der Waals surface area contributed by atoms with Crippen molar-refractivity contribution in [2.24, 2.45) is 0 Å². The first kappa shape index (κ1) is 19.5. The second-order valence-electron chi connectivity index (χ2n) is 5.74. The highest BCUT2D eigenvalue weighted by Gasteiger charge is 2.18. The predicted octanol–water partition coefficient (Wildman–Crippen LogP) is 2.84. The highest BCUT2D eigenvalue weighted by atomic mass is 35.5. The quantitative estimate of drug-likeness (QED) is 0.589. The molecule has 0 aromatic heterocycles. The second-order valence-corrected chi connectivity index (χ2v) is 6.15. The number of rotatable bonds is 5. The van der Waals surface area contributed by atoms with Crippen LogP contribution < -0.4 is 25.1 Å². The molecule has 1 heterocycles. The summed E-state index contributed by atoms with van der Waals surface area (Å²) in [5, 5.41) is 0.363.